The van der Waals surface area contributed by atoms with Crippen LogP contribution in [0.2, 0.25) is 0 Å². The molecule has 2 N–H and O–H groups in total. The van der Waals surface area contributed by atoms with E-state index < -0.39 is 37.0 Å². The number of nitrogens with two attached hydrogens (primary N) is 1. The Balaban J connectivity index is 0.000000121. The van der Waals surface area contributed by atoms with Crippen molar-refractivity contribution in [3.05, 3.63) is 275 Å². The van der Waals surface area contributed by atoms with Crippen LogP contribution in [0.15, 0.2) is 230 Å². The van der Waals surface area contributed by atoms with Gasteiger partial charge in [-0.3, -0.25) is 28.5 Å². The highest BCUT2D eigenvalue weighted by molar-refractivity contribution is 7.92. The quantitative estimate of drug-likeness (QED) is 0.141. The van der Waals surface area contributed by atoms with Gasteiger partial charge in [0.1, 0.15) is 39.9 Å². The molecule has 4 fully saturated rings. The van der Waals surface area contributed by atoms with Crippen molar-refractivity contribution >= 4 is 81.7 Å². The first-order chi connectivity index (χ1) is 61.7. The molecule has 4 saturated heterocycles. The third kappa shape index (κ3) is 15.3. The summed E-state index contributed by atoms with van der Waals surface area (Å²) in [6, 6.07) is 63.8. The van der Waals surface area contributed by atoms with Crippen molar-refractivity contribution in [2.75, 3.05) is 65.2 Å². The third-order valence-electron chi connectivity index (χ3n) is 26.3. The smallest absolute Gasteiger partial charge is 0.253 e. The van der Waals surface area contributed by atoms with Gasteiger partial charge >= 0.3 is 0 Å². The molecular weight excluding hydrogens is 1670 g/mol. The van der Waals surface area contributed by atoms with E-state index in [4.69, 9.17) is 39.3 Å². The Kier molecular flexibility index (Phi) is 22.0. The fourth-order valence-corrected chi connectivity index (χ4v) is 22.0. The molecule has 660 valence electrons. The van der Waals surface area contributed by atoms with Gasteiger partial charge in [0.05, 0.1) is 83.0 Å². The Hall–Kier alpha value is -13.1. The van der Waals surface area contributed by atoms with Gasteiger partial charge in [-0.1, -0.05) is 66.8 Å². The lowest BCUT2D eigenvalue weighted by Gasteiger charge is -2.45. The number of piperidine rings is 4. The fourth-order valence-electron chi connectivity index (χ4n) is 19.1. The summed E-state index contributed by atoms with van der Waals surface area (Å²) in [6.45, 7) is 16.0. The number of rotatable bonds is 9. The molecule has 4 amide bonds. The molecule has 14 heterocycles. The number of para-hydroxylation sites is 6. The minimum Gasteiger partial charge on any atom is -0.493 e. The van der Waals surface area contributed by atoms with Crippen LogP contribution in [0.25, 0.3) is 54.3 Å². The second-order valence-electron chi connectivity index (χ2n) is 35.1. The maximum atomic E-state index is 13.3. The maximum absolute atomic E-state index is 13.3. The van der Waals surface area contributed by atoms with Crippen molar-refractivity contribution in [1.82, 2.24) is 58.3 Å². The Morgan fingerprint density at radius 2 is 0.953 bits per heavy atom. The summed E-state index contributed by atoms with van der Waals surface area (Å²) in [7, 11) is 2.07. The SMILES string of the molecule is CC(C)(C)S(=O)(=O)c1ccc(C(=O)N2CCC3(CC2)Oc2ccccc2-n2cccc23)cc1.CC[C@H](C)Oc1ccc(C(=O)N2CCC3(CC2)Oc2ccccc2-n2cccc23)cc1OC.Cc1nc2ccc(C(=O)N3CCC4(CC3)Oc3ccccc3-c3c4cnn3C)cc2s1.Cn1cc2c(n1)-c1ccccc1OC21CCN(C(=O)c2ccc3nc(N)sc3c2)CC1.[HH].[HH]. The largest absolute Gasteiger partial charge is 0.493 e. The first kappa shape index (κ1) is 84.4. The predicted molar refractivity (Wildman–Crippen MR) is 498 cm³/mol. The first-order valence-electron chi connectivity index (χ1n) is 43.7. The lowest BCUT2D eigenvalue weighted by atomic mass is 9.81. The molecule has 14 aromatic rings. The molecule has 25 nitrogen and oxygen atoms in total. The van der Waals surface area contributed by atoms with Crippen molar-refractivity contribution in [2.45, 2.75) is 137 Å². The summed E-state index contributed by atoms with van der Waals surface area (Å²) in [5.41, 5.74) is 19.1. The number of sulfone groups is 1. The highest BCUT2D eigenvalue weighted by atomic mass is 32.2. The van der Waals surface area contributed by atoms with Crippen LogP contribution in [-0.4, -0.2) is 161 Å². The molecule has 4 spiro atoms. The number of anilines is 1. The normalized spacial score (nSPS) is 16.9. The summed E-state index contributed by atoms with van der Waals surface area (Å²) < 4.78 is 72.3. The molecule has 0 bridgehead atoms. The van der Waals surface area contributed by atoms with Gasteiger partial charge in [0.25, 0.3) is 23.6 Å². The molecule has 0 unspecified atom stereocenters. The van der Waals surface area contributed by atoms with Crippen molar-refractivity contribution in [3.63, 3.8) is 0 Å². The van der Waals surface area contributed by atoms with Crippen LogP contribution >= 0.6 is 22.7 Å². The van der Waals surface area contributed by atoms with E-state index in [1.54, 1.807) is 57.4 Å². The number of carbonyl (C=O) groups excluding carboxylic acids is 4. The predicted octanol–water partition coefficient (Wildman–Crippen LogP) is 18.6. The number of benzene rings is 8. The standard InChI is InChI=1S/C27H30N2O4.C26H28N2O4S.C24H22N4O2S.C23H21N5O2S.2H2/c1-4-19(2)32-23-12-11-20(18-24(23)31-3)26(30)28-16-13-27(14-17-28)25-10-7-15-29(25)21-8-5-6-9-22(21)33-27;1-25(2,3)33(30,31)20-12-10-19(11-13-20)24(29)27-17-14-26(15-18-27)23-9-6-16-28(23)21-7-4-5-8-22(21)32-26;1-15-26-19-8-7-16(13-21(19)31-15)23(29)28-11-9-24(10-12-28)18-14-25-27(2)22(18)17-5-3-4-6-20(17)30-24;1-27-13-16-20(26-27)15-4-2-3-5-18(15)30-23(16)8-10-28(11-9-23)21(29)14-6-7-17-19(12-14)31-22(24)25-17;;/h5-12,15,18-19H,4,13-14,16-17H2,1-3H3;4-13,16H,14-15,17-18H2,1-3H3;3-8,13-14H,9-12H2,1-2H3;2-7,12-13H,8-11H2,1H3,(H2,24,25);2*1H/t19-;;;;;/m0...../s1. The number of fused-ring (bicyclic) bond motifs is 18. The van der Waals surface area contributed by atoms with Gasteiger partial charge in [-0.05, 0) is 193 Å². The molecule has 0 radical (unpaired) electrons. The van der Waals surface area contributed by atoms with Gasteiger partial charge in [-0.15, -0.1) is 11.3 Å². The number of amides is 4. The number of aromatic nitrogens is 8. The van der Waals surface area contributed by atoms with E-state index in [0.29, 0.717) is 98.5 Å². The third-order valence-corrected chi connectivity index (χ3v) is 30.6. The van der Waals surface area contributed by atoms with Gasteiger partial charge in [0, 0.05) is 184 Å². The number of hydrogen-bond donors (Lipinski definition) is 1. The number of nitrogens with zero attached hydrogens (tertiary/aromatic N) is 12. The number of methoxy groups -OCH3 is 1. The van der Waals surface area contributed by atoms with Crippen LogP contribution in [-0.2, 0) is 46.3 Å². The Labute approximate surface area is 754 Å². The topological polar surface area (TPSA) is 268 Å². The van der Waals surface area contributed by atoms with Crippen molar-refractivity contribution in [2.24, 2.45) is 14.1 Å². The van der Waals surface area contributed by atoms with E-state index in [0.717, 1.165) is 155 Å². The van der Waals surface area contributed by atoms with E-state index in [1.807, 2.05) is 197 Å². The van der Waals surface area contributed by atoms with E-state index in [1.165, 1.54) is 23.5 Å². The summed E-state index contributed by atoms with van der Waals surface area (Å²) in [4.78, 5) is 69.5. The van der Waals surface area contributed by atoms with Crippen LogP contribution in [0.3, 0.4) is 0 Å². The molecule has 0 aliphatic carbocycles. The number of likely N-dealkylation sites (tertiary alicyclic amines) is 4. The lowest BCUT2D eigenvalue weighted by Crippen LogP contribution is -2.50. The summed E-state index contributed by atoms with van der Waals surface area (Å²) >= 11 is 3.03. The van der Waals surface area contributed by atoms with Crippen molar-refractivity contribution in [3.8, 4) is 68.4 Å². The number of aryl methyl sites for hydroxylation is 3. The highest BCUT2D eigenvalue weighted by Crippen LogP contribution is 2.53. The van der Waals surface area contributed by atoms with E-state index >= 15 is 0 Å². The molecule has 22 rings (SSSR count). The lowest BCUT2D eigenvalue weighted by molar-refractivity contribution is -0.00978. The Bertz CT molecular complexity index is 6640. The van der Waals surface area contributed by atoms with E-state index in [-0.39, 0.29) is 37.5 Å². The highest BCUT2D eigenvalue weighted by Gasteiger charge is 2.50. The average molecular weight is 1780 g/mol. The molecule has 8 aliphatic heterocycles. The van der Waals surface area contributed by atoms with Crippen molar-refractivity contribution in [1.29, 1.82) is 0 Å². The van der Waals surface area contributed by atoms with Crippen LogP contribution in [0, 0.1) is 6.92 Å². The van der Waals surface area contributed by atoms with Gasteiger partial charge in [-0.2, -0.15) is 10.2 Å². The van der Waals surface area contributed by atoms with Crippen LogP contribution in [0.1, 0.15) is 164 Å². The van der Waals surface area contributed by atoms with Gasteiger partial charge in [-0.25, -0.2) is 18.4 Å². The second-order valence-corrected chi connectivity index (χ2v) is 40.1. The minimum absolute atomic E-state index is 0. The number of hydrogen-bond acceptors (Lipinski definition) is 19. The number of nitrogen functional groups attached to an aromatic ring is 1. The molecular formula is C100H105N13O12S3. The van der Waals surface area contributed by atoms with Crippen molar-refractivity contribution < 1.29 is 58.9 Å². The molecule has 6 aromatic heterocycles. The van der Waals surface area contributed by atoms with Crippen LogP contribution < -0.4 is 34.2 Å². The molecule has 1 atom stereocenters. The molecule has 0 saturated carbocycles. The summed E-state index contributed by atoms with van der Waals surface area (Å²) in [6.07, 6.45) is 14.9. The first-order valence-corrected chi connectivity index (χ1v) is 46.8. The molecule has 28 heteroatoms. The zero-order valence-corrected chi connectivity index (χ0v) is 75.5. The van der Waals surface area contributed by atoms with Crippen LogP contribution in [0.4, 0.5) is 5.13 Å². The number of ether oxygens (including phenoxy) is 6. The Morgan fingerprint density at radius 3 is 1.48 bits per heavy atom. The number of thiazole rings is 2. The van der Waals surface area contributed by atoms with Gasteiger partial charge in [0.15, 0.2) is 37.7 Å². The van der Waals surface area contributed by atoms with E-state index in [9.17, 15) is 27.6 Å². The van der Waals surface area contributed by atoms with Gasteiger partial charge < -0.3 is 62.9 Å². The summed E-state index contributed by atoms with van der Waals surface area (Å²) in [5.74, 6) is 4.78. The fraction of sp³-hybridized carbons (Fsp3) is 0.320. The monoisotopic (exact) mass is 1780 g/mol. The maximum Gasteiger partial charge on any atom is 0.253 e. The molecule has 8 aliphatic rings. The van der Waals surface area contributed by atoms with E-state index in [2.05, 4.69) is 86.1 Å². The zero-order valence-electron chi connectivity index (χ0n) is 73.0. The zero-order chi connectivity index (χ0) is 88.8. The van der Waals surface area contributed by atoms with Crippen LogP contribution in [0.5, 0.6) is 34.5 Å². The Morgan fingerprint density at radius 1 is 0.516 bits per heavy atom. The minimum atomic E-state index is -3.45. The average Bonchev–Trinajstić information content (AvgIpc) is 1.51. The molecule has 8 aromatic carbocycles. The molecule has 128 heavy (non-hydrogen) atoms. The summed E-state index contributed by atoms with van der Waals surface area (Å²) in [5, 5.41) is 10.8. The van der Waals surface area contributed by atoms with Gasteiger partial charge in [0.2, 0.25) is 0 Å². The second kappa shape index (κ2) is 33.3. The number of carbonyl (C=O) groups is 4.